The fraction of sp³-hybridized carbons (Fsp3) is 0.348. The van der Waals surface area contributed by atoms with Crippen molar-refractivity contribution in [1.82, 2.24) is 15.1 Å². The van der Waals surface area contributed by atoms with Gasteiger partial charge >= 0.3 is 6.03 Å². The number of carbonyl (C=O) groups excluding carboxylic acids is 3. The zero-order valence-electron chi connectivity index (χ0n) is 16.8. The first-order chi connectivity index (χ1) is 14.5. The Hall–Kier alpha value is -3.19. The summed E-state index contributed by atoms with van der Waals surface area (Å²) in [7, 11) is 0. The Labute approximate surface area is 175 Å². The molecule has 2 saturated heterocycles. The molecule has 4 rings (SSSR count). The Kier molecular flexibility index (Phi) is 5.55. The van der Waals surface area contributed by atoms with Gasteiger partial charge in [0, 0.05) is 25.4 Å². The van der Waals surface area contributed by atoms with Crippen LogP contribution in [0.5, 0.6) is 0 Å². The van der Waals surface area contributed by atoms with Crippen LogP contribution in [0, 0.1) is 5.92 Å². The number of piperidine rings is 1. The Balaban J connectivity index is 1.57. The third-order valence-electron chi connectivity index (χ3n) is 6.09. The number of likely N-dealkylation sites (tertiary alicyclic amines) is 1. The van der Waals surface area contributed by atoms with Crippen molar-refractivity contribution in [2.75, 3.05) is 19.8 Å². The van der Waals surface area contributed by atoms with Gasteiger partial charge in [-0.25, -0.2) is 9.69 Å². The van der Waals surface area contributed by atoms with E-state index in [1.54, 1.807) is 0 Å². The van der Waals surface area contributed by atoms with E-state index < -0.39 is 11.6 Å². The smallest absolute Gasteiger partial charge is 0.326 e. The number of nitrogens with zero attached hydrogens (tertiary/aromatic N) is 2. The van der Waals surface area contributed by atoms with Crippen molar-refractivity contribution in [2.45, 2.75) is 24.8 Å². The second-order valence-corrected chi connectivity index (χ2v) is 8.03. The largest absolute Gasteiger partial charge is 0.369 e. The van der Waals surface area contributed by atoms with Crippen LogP contribution in [0.25, 0.3) is 0 Å². The van der Waals surface area contributed by atoms with Gasteiger partial charge in [0.25, 0.3) is 5.91 Å². The molecule has 2 aliphatic rings. The molecule has 2 heterocycles. The number of primary amides is 1. The number of rotatable bonds is 6. The minimum absolute atomic E-state index is 0.133. The van der Waals surface area contributed by atoms with Crippen molar-refractivity contribution in [1.29, 1.82) is 0 Å². The molecule has 0 radical (unpaired) electrons. The van der Waals surface area contributed by atoms with Gasteiger partial charge in [-0.15, -0.1) is 0 Å². The van der Waals surface area contributed by atoms with E-state index in [1.807, 2.05) is 65.6 Å². The molecule has 1 atom stereocenters. The van der Waals surface area contributed by atoms with E-state index >= 15 is 0 Å². The van der Waals surface area contributed by atoms with Crippen LogP contribution in [0.3, 0.4) is 0 Å². The van der Waals surface area contributed by atoms with Gasteiger partial charge in [-0.2, -0.15) is 0 Å². The summed E-state index contributed by atoms with van der Waals surface area (Å²) >= 11 is 0. The van der Waals surface area contributed by atoms with Crippen LogP contribution in [0.15, 0.2) is 60.7 Å². The fourth-order valence-electron chi connectivity index (χ4n) is 4.36. The number of nitrogens with two attached hydrogens (primary N) is 1. The van der Waals surface area contributed by atoms with Crippen LogP contribution < -0.4 is 11.1 Å². The number of hydrogen-bond donors (Lipinski definition) is 2. The molecule has 2 aromatic rings. The number of nitrogens with one attached hydrogen (secondary N) is 1. The lowest BCUT2D eigenvalue weighted by molar-refractivity contribution is -0.134. The van der Waals surface area contributed by atoms with Crippen LogP contribution >= 0.6 is 0 Å². The molecule has 0 aromatic heterocycles. The van der Waals surface area contributed by atoms with Crippen LogP contribution in [-0.2, 0) is 21.5 Å². The SMILES string of the molecule is NC(=O)C1CCN(CN2C(=O)N[C@](Cc3ccccc3)(c3ccccc3)C2=O)CC1. The normalized spacial score (nSPS) is 22.9. The lowest BCUT2D eigenvalue weighted by Gasteiger charge is -2.33. The summed E-state index contributed by atoms with van der Waals surface area (Å²) in [4.78, 5) is 41.3. The van der Waals surface area contributed by atoms with Crippen molar-refractivity contribution >= 4 is 17.8 Å². The van der Waals surface area contributed by atoms with E-state index in [-0.39, 0.29) is 24.4 Å². The van der Waals surface area contributed by atoms with Crippen molar-refractivity contribution < 1.29 is 14.4 Å². The molecule has 2 fully saturated rings. The first kappa shape index (κ1) is 20.1. The first-order valence-electron chi connectivity index (χ1n) is 10.2. The maximum Gasteiger partial charge on any atom is 0.326 e. The molecule has 3 N–H and O–H groups in total. The molecule has 0 aliphatic carbocycles. The van der Waals surface area contributed by atoms with Crippen LogP contribution in [0.4, 0.5) is 4.79 Å². The quantitative estimate of drug-likeness (QED) is 0.716. The maximum absolute atomic E-state index is 13.6. The van der Waals surface area contributed by atoms with E-state index in [0.717, 1.165) is 11.1 Å². The van der Waals surface area contributed by atoms with E-state index in [9.17, 15) is 14.4 Å². The lowest BCUT2D eigenvalue weighted by Crippen LogP contribution is -2.48. The van der Waals surface area contributed by atoms with E-state index in [0.29, 0.717) is 32.4 Å². The molecule has 0 spiro atoms. The predicted octanol–water partition coefficient (Wildman–Crippen LogP) is 1.83. The second kappa shape index (κ2) is 8.28. The summed E-state index contributed by atoms with van der Waals surface area (Å²) in [5.74, 6) is -0.666. The van der Waals surface area contributed by atoms with Crippen LogP contribution in [-0.4, -0.2) is 47.4 Å². The summed E-state index contributed by atoms with van der Waals surface area (Å²) in [6.45, 7) is 1.46. The van der Waals surface area contributed by atoms with Gasteiger partial charge in [0.15, 0.2) is 5.54 Å². The van der Waals surface area contributed by atoms with Crippen molar-refractivity contribution in [3.63, 3.8) is 0 Å². The number of carbonyl (C=O) groups is 3. The summed E-state index contributed by atoms with van der Waals surface area (Å²) in [5, 5.41) is 2.99. The molecule has 7 nitrogen and oxygen atoms in total. The molecule has 0 saturated carbocycles. The second-order valence-electron chi connectivity index (χ2n) is 8.03. The molecular weight excluding hydrogens is 380 g/mol. The standard InChI is InChI=1S/C23H26N4O3/c24-20(28)18-11-13-26(14-12-18)16-27-21(29)23(25-22(27)30,19-9-5-2-6-10-19)15-17-7-3-1-4-8-17/h1-10,18H,11-16H2,(H2,24,28)(H,25,30)/t23-/m1/s1. The maximum atomic E-state index is 13.6. The summed E-state index contributed by atoms with van der Waals surface area (Å²) in [5.41, 5.74) is 6.01. The van der Waals surface area contributed by atoms with Gasteiger partial charge in [0.2, 0.25) is 5.91 Å². The van der Waals surface area contributed by atoms with Gasteiger partial charge in [-0.3, -0.25) is 14.5 Å². The summed E-state index contributed by atoms with van der Waals surface area (Å²) in [6, 6.07) is 18.7. The highest BCUT2D eigenvalue weighted by Crippen LogP contribution is 2.33. The van der Waals surface area contributed by atoms with Crippen molar-refractivity contribution in [3.05, 3.63) is 71.8 Å². The summed E-state index contributed by atoms with van der Waals surface area (Å²) in [6.07, 6.45) is 1.67. The average molecular weight is 406 g/mol. The molecule has 0 bridgehead atoms. The van der Waals surface area contributed by atoms with Crippen LogP contribution in [0.2, 0.25) is 0 Å². The van der Waals surface area contributed by atoms with Gasteiger partial charge in [0.1, 0.15) is 0 Å². The molecular formula is C23H26N4O3. The zero-order chi connectivity index (χ0) is 21.1. The Morgan fingerprint density at radius 1 is 1.00 bits per heavy atom. The number of urea groups is 1. The molecule has 2 aromatic carbocycles. The van der Waals surface area contributed by atoms with Crippen molar-refractivity contribution in [3.8, 4) is 0 Å². The number of hydrogen-bond acceptors (Lipinski definition) is 4. The van der Waals surface area contributed by atoms with Gasteiger partial charge in [-0.05, 0) is 24.0 Å². The highest BCUT2D eigenvalue weighted by molar-refractivity contribution is 6.07. The first-order valence-corrected chi connectivity index (χ1v) is 10.2. The number of benzene rings is 2. The van der Waals surface area contributed by atoms with Gasteiger partial charge in [0.05, 0.1) is 6.67 Å². The predicted molar refractivity (Wildman–Crippen MR) is 112 cm³/mol. The van der Waals surface area contributed by atoms with E-state index in [1.165, 1.54) is 4.90 Å². The van der Waals surface area contributed by atoms with Gasteiger partial charge < -0.3 is 11.1 Å². The lowest BCUT2D eigenvalue weighted by atomic mass is 9.83. The average Bonchev–Trinajstić information content (AvgIpc) is 3.00. The van der Waals surface area contributed by atoms with Crippen molar-refractivity contribution in [2.24, 2.45) is 11.7 Å². The summed E-state index contributed by atoms with van der Waals surface area (Å²) < 4.78 is 0. The molecule has 0 unspecified atom stereocenters. The third kappa shape index (κ3) is 3.80. The molecule has 7 heteroatoms. The third-order valence-corrected chi connectivity index (χ3v) is 6.09. The fourth-order valence-corrected chi connectivity index (χ4v) is 4.36. The van der Waals surface area contributed by atoms with Gasteiger partial charge in [-0.1, -0.05) is 60.7 Å². The molecule has 4 amide bonds. The van der Waals surface area contributed by atoms with Crippen LogP contribution in [0.1, 0.15) is 24.0 Å². The Morgan fingerprint density at radius 3 is 2.20 bits per heavy atom. The van der Waals surface area contributed by atoms with E-state index in [4.69, 9.17) is 5.73 Å². The molecule has 2 aliphatic heterocycles. The minimum atomic E-state index is -1.13. The Bertz CT molecular complexity index is 926. The zero-order valence-corrected chi connectivity index (χ0v) is 16.8. The number of imide groups is 1. The Morgan fingerprint density at radius 2 is 1.60 bits per heavy atom. The van der Waals surface area contributed by atoms with E-state index in [2.05, 4.69) is 5.32 Å². The molecule has 30 heavy (non-hydrogen) atoms. The minimum Gasteiger partial charge on any atom is -0.369 e. The molecule has 156 valence electrons. The highest BCUT2D eigenvalue weighted by atomic mass is 16.2. The topological polar surface area (TPSA) is 95.7 Å². The number of amides is 4. The monoisotopic (exact) mass is 406 g/mol. The highest BCUT2D eigenvalue weighted by Gasteiger charge is 2.52.